The summed E-state index contributed by atoms with van der Waals surface area (Å²) in [5, 5.41) is 11.2. The number of anilines is 1. The van der Waals surface area contributed by atoms with Gasteiger partial charge in [0.2, 0.25) is 0 Å². The summed E-state index contributed by atoms with van der Waals surface area (Å²) >= 11 is 11.9. The van der Waals surface area contributed by atoms with Crippen LogP contribution in [0, 0.1) is 0 Å². The third-order valence-electron chi connectivity index (χ3n) is 2.69. The summed E-state index contributed by atoms with van der Waals surface area (Å²) < 4.78 is 0. The van der Waals surface area contributed by atoms with Crippen LogP contribution in [0.3, 0.4) is 0 Å². The number of nitrogens with zero attached hydrogens (tertiary/aromatic N) is 2. The Morgan fingerprint density at radius 1 is 1.25 bits per heavy atom. The van der Waals surface area contributed by atoms with E-state index in [2.05, 4.69) is 15.5 Å². The van der Waals surface area contributed by atoms with E-state index in [1.54, 1.807) is 18.2 Å². The SMILES string of the molecule is CC(NC(=O)c1ccc(N)nn1)c1ccc(Cl)cc1Cl. The van der Waals surface area contributed by atoms with Crippen LogP contribution in [-0.4, -0.2) is 16.1 Å². The van der Waals surface area contributed by atoms with Crippen molar-refractivity contribution in [2.45, 2.75) is 13.0 Å². The number of aromatic nitrogens is 2. The molecule has 3 N–H and O–H groups in total. The summed E-state index contributed by atoms with van der Waals surface area (Å²) in [5.74, 6) is -0.0913. The Hall–Kier alpha value is -1.85. The Labute approximate surface area is 126 Å². The molecule has 1 aromatic heterocycles. The van der Waals surface area contributed by atoms with E-state index < -0.39 is 0 Å². The number of hydrogen-bond donors (Lipinski definition) is 2. The second-order valence-electron chi connectivity index (χ2n) is 4.20. The highest BCUT2D eigenvalue weighted by atomic mass is 35.5. The molecule has 2 aromatic rings. The van der Waals surface area contributed by atoms with Gasteiger partial charge in [-0.1, -0.05) is 29.3 Å². The number of halogens is 2. The zero-order valence-corrected chi connectivity index (χ0v) is 12.1. The molecule has 0 fully saturated rings. The van der Waals surface area contributed by atoms with Gasteiger partial charge in [0.15, 0.2) is 5.69 Å². The molecular formula is C13H12Cl2N4O. The van der Waals surface area contributed by atoms with Gasteiger partial charge in [0, 0.05) is 10.0 Å². The smallest absolute Gasteiger partial charge is 0.272 e. The van der Waals surface area contributed by atoms with Crippen LogP contribution in [0.5, 0.6) is 0 Å². The number of carbonyl (C=O) groups excluding carboxylic acids is 1. The van der Waals surface area contributed by atoms with Crippen LogP contribution >= 0.6 is 23.2 Å². The Bertz CT molecular complexity index is 631. The van der Waals surface area contributed by atoms with E-state index in [0.717, 1.165) is 5.56 Å². The summed E-state index contributed by atoms with van der Waals surface area (Å²) in [7, 11) is 0. The van der Waals surface area contributed by atoms with E-state index in [9.17, 15) is 4.79 Å². The maximum Gasteiger partial charge on any atom is 0.272 e. The molecule has 0 aliphatic rings. The van der Waals surface area contributed by atoms with Crippen LogP contribution in [0.2, 0.25) is 10.0 Å². The van der Waals surface area contributed by atoms with Crippen molar-refractivity contribution in [2.24, 2.45) is 0 Å². The van der Waals surface area contributed by atoms with Crippen molar-refractivity contribution in [3.63, 3.8) is 0 Å². The molecule has 1 amide bonds. The van der Waals surface area contributed by atoms with E-state index in [1.165, 1.54) is 12.1 Å². The van der Waals surface area contributed by atoms with Gasteiger partial charge in [-0.3, -0.25) is 4.79 Å². The van der Waals surface area contributed by atoms with Crippen molar-refractivity contribution in [2.75, 3.05) is 5.73 Å². The lowest BCUT2D eigenvalue weighted by Crippen LogP contribution is -2.27. The van der Waals surface area contributed by atoms with Crippen LogP contribution in [0.1, 0.15) is 29.0 Å². The van der Waals surface area contributed by atoms with Gasteiger partial charge in [0.25, 0.3) is 5.91 Å². The van der Waals surface area contributed by atoms with Crippen LogP contribution in [0.4, 0.5) is 5.82 Å². The molecule has 0 bridgehead atoms. The van der Waals surface area contributed by atoms with Crippen molar-refractivity contribution in [3.8, 4) is 0 Å². The Kier molecular flexibility index (Phi) is 4.42. The number of amides is 1. The van der Waals surface area contributed by atoms with E-state index in [0.29, 0.717) is 10.0 Å². The zero-order valence-electron chi connectivity index (χ0n) is 10.6. The van der Waals surface area contributed by atoms with Crippen molar-refractivity contribution < 1.29 is 4.79 Å². The lowest BCUT2D eigenvalue weighted by atomic mass is 10.1. The average Bonchev–Trinajstić information content (AvgIpc) is 2.39. The molecular weight excluding hydrogens is 299 g/mol. The molecule has 5 nitrogen and oxygen atoms in total. The number of benzene rings is 1. The highest BCUT2D eigenvalue weighted by Crippen LogP contribution is 2.26. The highest BCUT2D eigenvalue weighted by Gasteiger charge is 2.15. The molecule has 0 aliphatic heterocycles. The first-order valence-corrected chi connectivity index (χ1v) is 6.58. The van der Waals surface area contributed by atoms with Gasteiger partial charge < -0.3 is 11.1 Å². The molecule has 1 unspecified atom stereocenters. The van der Waals surface area contributed by atoms with Crippen LogP contribution in [0.25, 0.3) is 0 Å². The Morgan fingerprint density at radius 2 is 2.00 bits per heavy atom. The zero-order chi connectivity index (χ0) is 14.7. The van der Waals surface area contributed by atoms with E-state index in [4.69, 9.17) is 28.9 Å². The minimum atomic E-state index is -0.351. The van der Waals surface area contributed by atoms with Gasteiger partial charge in [-0.2, -0.15) is 0 Å². The monoisotopic (exact) mass is 310 g/mol. The fourth-order valence-electron chi connectivity index (χ4n) is 1.66. The van der Waals surface area contributed by atoms with Gasteiger partial charge in [0.05, 0.1) is 6.04 Å². The summed E-state index contributed by atoms with van der Waals surface area (Å²) in [5.41, 5.74) is 6.38. The lowest BCUT2D eigenvalue weighted by molar-refractivity contribution is 0.0934. The third kappa shape index (κ3) is 3.37. The third-order valence-corrected chi connectivity index (χ3v) is 3.26. The second-order valence-corrected chi connectivity index (χ2v) is 5.05. The van der Waals surface area contributed by atoms with Crippen LogP contribution in [0.15, 0.2) is 30.3 Å². The number of nitrogens with two attached hydrogens (primary N) is 1. The normalized spacial score (nSPS) is 11.9. The molecule has 20 heavy (non-hydrogen) atoms. The van der Waals surface area contributed by atoms with Crippen molar-refractivity contribution in [1.82, 2.24) is 15.5 Å². The number of hydrogen-bond acceptors (Lipinski definition) is 4. The van der Waals surface area contributed by atoms with Crippen molar-refractivity contribution >= 4 is 34.9 Å². The first-order valence-electron chi connectivity index (χ1n) is 5.82. The second kappa shape index (κ2) is 6.07. The van der Waals surface area contributed by atoms with Crippen LogP contribution < -0.4 is 11.1 Å². The van der Waals surface area contributed by atoms with Gasteiger partial charge in [-0.25, -0.2) is 0 Å². The lowest BCUT2D eigenvalue weighted by Gasteiger charge is -2.15. The molecule has 0 saturated carbocycles. The first kappa shape index (κ1) is 14.6. The summed E-state index contributed by atoms with van der Waals surface area (Å²) in [6, 6.07) is 7.85. The highest BCUT2D eigenvalue weighted by molar-refractivity contribution is 6.35. The minimum absolute atomic E-state index is 0.191. The maximum atomic E-state index is 12.0. The maximum absolute atomic E-state index is 12.0. The van der Waals surface area contributed by atoms with Gasteiger partial charge in [-0.05, 0) is 36.8 Å². The molecule has 1 atom stereocenters. The fraction of sp³-hybridized carbons (Fsp3) is 0.154. The van der Waals surface area contributed by atoms with Gasteiger partial charge >= 0.3 is 0 Å². The largest absolute Gasteiger partial charge is 0.382 e. The molecule has 7 heteroatoms. The summed E-state index contributed by atoms with van der Waals surface area (Å²) in [6.45, 7) is 1.82. The van der Waals surface area contributed by atoms with Gasteiger partial charge in [-0.15, -0.1) is 10.2 Å². The predicted molar refractivity (Wildman–Crippen MR) is 78.8 cm³/mol. The number of nitrogens with one attached hydrogen (secondary N) is 1. The molecule has 2 rings (SSSR count). The minimum Gasteiger partial charge on any atom is -0.382 e. The molecule has 1 aromatic carbocycles. The Morgan fingerprint density at radius 3 is 2.60 bits per heavy atom. The topological polar surface area (TPSA) is 80.9 Å². The predicted octanol–water partition coefficient (Wildman–Crippen LogP) is 2.86. The van der Waals surface area contributed by atoms with Gasteiger partial charge in [0.1, 0.15) is 5.82 Å². The first-order chi connectivity index (χ1) is 9.47. The number of nitrogen functional groups attached to an aromatic ring is 1. The Balaban J connectivity index is 2.12. The van der Waals surface area contributed by atoms with E-state index in [-0.39, 0.29) is 23.5 Å². The number of carbonyl (C=O) groups is 1. The molecule has 0 saturated heterocycles. The number of rotatable bonds is 3. The molecule has 0 radical (unpaired) electrons. The standard InChI is InChI=1S/C13H12Cl2N4O/c1-7(9-3-2-8(14)6-10(9)15)17-13(20)11-4-5-12(16)19-18-11/h2-7H,1H3,(H2,16,19)(H,17,20). The van der Waals surface area contributed by atoms with Crippen molar-refractivity contribution in [1.29, 1.82) is 0 Å². The summed E-state index contributed by atoms with van der Waals surface area (Å²) in [6.07, 6.45) is 0. The quantitative estimate of drug-likeness (QED) is 0.913. The average molecular weight is 311 g/mol. The van der Waals surface area contributed by atoms with Crippen LogP contribution in [-0.2, 0) is 0 Å². The fourth-order valence-corrected chi connectivity index (χ4v) is 2.24. The van der Waals surface area contributed by atoms with E-state index >= 15 is 0 Å². The van der Waals surface area contributed by atoms with Crippen molar-refractivity contribution in [3.05, 3.63) is 51.6 Å². The molecule has 0 aliphatic carbocycles. The molecule has 1 heterocycles. The summed E-state index contributed by atoms with van der Waals surface area (Å²) in [4.78, 5) is 12.0. The molecule has 104 valence electrons. The van der Waals surface area contributed by atoms with E-state index in [1.807, 2.05) is 6.92 Å². The molecule has 0 spiro atoms.